The first kappa shape index (κ1) is 13.2. The van der Waals surface area contributed by atoms with Crippen molar-refractivity contribution in [2.45, 2.75) is 0 Å². The van der Waals surface area contributed by atoms with Gasteiger partial charge in [0.25, 0.3) is 5.91 Å². The maximum absolute atomic E-state index is 12.2. The Kier molecular flexibility index (Phi) is 4.25. The fourth-order valence-corrected chi connectivity index (χ4v) is 1.68. The van der Waals surface area contributed by atoms with Crippen molar-refractivity contribution in [2.75, 3.05) is 27.2 Å². The molecule has 0 fully saturated rings. The maximum Gasteiger partial charge on any atom is 0.272 e. The molecule has 0 atom stereocenters. The van der Waals surface area contributed by atoms with Crippen LogP contribution in [0.2, 0.25) is 0 Å². The summed E-state index contributed by atoms with van der Waals surface area (Å²) in [4.78, 5) is 17.9. The van der Waals surface area contributed by atoms with Crippen LogP contribution in [-0.4, -0.2) is 52.8 Å². The zero-order valence-corrected chi connectivity index (χ0v) is 11.1. The number of nitrogens with one attached hydrogen (secondary N) is 1. The molecule has 0 aliphatic carbocycles. The smallest absolute Gasteiger partial charge is 0.272 e. The van der Waals surface area contributed by atoms with Crippen LogP contribution in [0.1, 0.15) is 10.5 Å². The zero-order valence-electron chi connectivity index (χ0n) is 11.1. The number of carbonyl (C=O) groups excluding carboxylic acids is 1. The molecule has 0 aromatic carbocycles. The van der Waals surface area contributed by atoms with Crippen LogP contribution in [0.3, 0.4) is 0 Å². The molecule has 2 heterocycles. The molecule has 1 N–H and O–H groups in total. The van der Waals surface area contributed by atoms with Gasteiger partial charge in [-0.2, -0.15) is 5.10 Å². The highest BCUT2D eigenvalue weighted by atomic mass is 16.2. The Morgan fingerprint density at radius 3 is 3.00 bits per heavy atom. The molecule has 19 heavy (non-hydrogen) atoms. The average Bonchev–Trinajstić information content (AvgIpc) is 2.98. The standard InChI is InChI=1S/C13H17N5O/c1-14-7-9-17(2)13(19)12-10-11(4-6-15-12)18-8-3-5-16-18/h3-6,8,10,14H,7,9H2,1-2H3. The van der Waals surface area contributed by atoms with Gasteiger partial charge in [-0.1, -0.05) is 0 Å². The highest BCUT2D eigenvalue weighted by Crippen LogP contribution is 2.08. The predicted octanol–water partition coefficient (Wildman–Crippen LogP) is 0.559. The monoisotopic (exact) mass is 259 g/mol. The second-order valence-electron chi connectivity index (χ2n) is 4.18. The number of hydrogen-bond acceptors (Lipinski definition) is 4. The normalized spacial score (nSPS) is 10.4. The lowest BCUT2D eigenvalue weighted by atomic mass is 10.3. The van der Waals surface area contributed by atoms with E-state index in [1.165, 1.54) is 0 Å². The number of likely N-dealkylation sites (N-methyl/N-ethyl adjacent to an activating group) is 2. The van der Waals surface area contributed by atoms with Gasteiger partial charge in [0, 0.05) is 38.7 Å². The second-order valence-corrected chi connectivity index (χ2v) is 4.18. The maximum atomic E-state index is 12.2. The third-order valence-electron chi connectivity index (χ3n) is 2.78. The predicted molar refractivity (Wildman–Crippen MR) is 72.2 cm³/mol. The Bertz CT molecular complexity index is 538. The summed E-state index contributed by atoms with van der Waals surface area (Å²) in [5.41, 5.74) is 1.25. The summed E-state index contributed by atoms with van der Waals surface area (Å²) in [6.45, 7) is 1.39. The van der Waals surface area contributed by atoms with Gasteiger partial charge in [0.2, 0.25) is 0 Å². The van der Waals surface area contributed by atoms with Gasteiger partial charge in [0.1, 0.15) is 5.69 Å². The molecule has 2 aromatic rings. The lowest BCUT2D eigenvalue weighted by molar-refractivity contribution is 0.0791. The molecule has 0 unspecified atom stereocenters. The van der Waals surface area contributed by atoms with Gasteiger partial charge < -0.3 is 10.2 Å². The molecular formula is C13H17N5O. The fraction of sp³-hybridized carbons (Fsp3) is 0.308. The van der Waals surface area contributed by atoms with Crippen LogP contribution in [-0.2, 0) is 0 Å². The highest BCUT2D eigenvalue weighted by molar-refractivity contribution is 5.92. The van der Waals surface area contributed by atoms with E-state index in [-0.39, 0.29) is 5.91 Å². The molecule has 1 amide bonds. The van der Waals surface area contributed by atoms with E-state index < -0.39 is 0 Å². The third-order valence-corrected chi connectivity index (χ3v) is 2.78. The Morgan fingerprint density at radius 1 is 1.47 bits per heavy atom. The molecule has 2 rings (SSSR count). The minimum atomic E-state index is -0.0933. The first-order valence-electron chi connectivity index (χ1n) is 6.08. The molecule has 2 aromatic heterocycles. The van der Waals surface area contributed by atoms with Crippen molar-refractivity contribution < 1.29 is 4.79 Å². The summed E-state index contributed by atoms with van der Waals surface area (Å²) in [5, 5.41) is 7.15. The minimum absolute atomic E-state index is 0.0933. The van der Waals surface area contributed by atoms with Crippen LogP contribution in [0.25, 0.3) is 5.69 Å². The number of nitrogens with zero attached hydrogens (tertiary/aromatic N) is 4. The number of pyridine rings is 1. The Hall–Kier alpha value is -2.21. The second kappa shape index (κ2) is 6.10. The molecular weight excluding hydrogens is 242 g/mol. The number of carbonyl (C=O) groups is 1. The Morgan fingerprint density at radius 2 is 2.32 bits per heavy atom. The van der Waals surface area contributed by atoms with Gasteiger partial charge in [-0.25, -0.2) is 4.68 Å². The van der Waals surface area contributed by atoms with Crippen LogP contribution in [0, 0.1) is 0 Å². The number of amides is 1. The Balaban J connectivity index is 2.17. The molecule has 0 saturated carbocycles. The van der Waals surface area contributed by atoms with Gasteiger partial charge in [-0.15, -0.1) is 0 Å². The number of aromatic nitrogens is 3. The zero-order chi connectivity index (χ0) is 13.7. The van der Waals surface area contributed by atoms with Crippen molar-refractivity contribution in [1.29, 1.82) is 0 Å². The van der Waals surface area contributed by atoms with Gasteiger partial charge in [0.15, 0.2) is 0 Å². The summed E-state index contributed by atoms with van der Waals surface area (Å²) in [6, 6.07) is 5.39. The van der Waals surface area contributed by atoms with Crippen molar-refractivity contribution in [3.8, 4) is 5.69 Å². The van der Waals surface area contributed by atoms with E-state index in [0.717, 1.165) is 12.2 Å². The van der Waals surface area contributed by atoms with Crippen molar-refractivity contribution in [3.05, 3.63) is 42.5 Å². The molecule has 0 saturated heterocycles. The van der Waals surface area contributed by atoms with Crippen LogP contribution in [0.15, 0.2) is 36.8 Å². The van der Waals surface area contributed by atoms with Crippen LogP contribution in [0.4, 0.5) is 0 Å². The van der Waals surface area contributed by atoms with E-state index in [1.807, 2.05) is 25.4 Å². The van der Waals surface area contributed by atoms with E-state index in [9.17, 15) is 4.79 Å². The van der Waals surface area contributed by atoms with Crippen molar-refractivity contribution in [1.82, 2.24) is 25.0 Å². The minimum Gasteiger partial charge on any atom is -0.339 e. The third kappa shape index (κ3) is 3.17. The summed E-state index contributed by atoms with van der Waals surface area (Å²) >= 11 is 0. The van der Waals surface area contributed by atoms with E-state index in [1.54, 1.807) is 35.1 Å². The molecule has 0 spiro atoms. The topological polar surface area (TPSA) is 63.1 Å². The number of hydrogen-bond donors (Lipinski definition) is 1. The fourth-order valence-electron chi connectivity index (χ4n) is 1.68. The van der Waals surface area contributed by atoms with E-state index in [2.05, 4.69) is 15.4 Å². The number of rotatable bonds is 5. The largest absolute Gasteiger partial charge is 0.339 e. The molecule has 6 nitrogen and oxygen atoms in total. The molecule has 6 heteroatoms. The van der Waals surface area contributed by atoms with Crippen LogP contribution < -0.4 is 5.32 Å². The van der Waals surface area contributed by atoms with Crippen LogP contribution in [0.5, 0.6) is 0 Å². The van der Waals surface area contributed by atoms with Gasteiger partial charge in [-0.05, 0) is 25.2 Å². The van der Waals surface area contributed by atoms with Crippen molar-refractivity contribution >= 4 is 5.91 Å². The summed E-state index contributed by atoms with van der Waals surface area (Å²) < 4.78 is 1.70. The average molecular weight is 259 g/mol. The molecule has 0 aliphatic rings. The first-order chi connectivity index (χ1) is 9.22. The van der Waals surface area contributed by atoms with Gasteiger partial charge >= 0.3 is 0 Å². The first-order valence-corrected chi connectivity index (χ1v) is 6.08. The Labute approximate surface area is 112 Å². The molecule has 0 radical (unpaired) electrons. The SMILES string of the molecule is CNCCN(C)C(=O)c1cc(-n2cccn2)ccn1. The highest BCUT2D eigenvalue weighted by Gasteiger charge is 2.13. The van der Waals surface area contributed by atoms with Gasteiger partial charge in [-0.3, -0.25) is 9.78 Å². The lowest BCUT2D eigenvalue weighted by Gasteiger charge is -2.16. The summed E-state index contributed by atoms with van der Waals surface area (Å²) in [5.74, 6) is -0.0933. The lowest BCUT2D eigenvalue weighted by Crippen LogP contribution is -2.33. The van der Waals surface area contributed by atoms with Gasteiger partial charge in [0.05, 0.1) is 5.69 Å². The molecule has 0 aliphatic heterocycles. The van der Waals surface area contributed by atoms with E-state index in [0.29, 0.717) is 12.2 Å². The summed E-state index contributed by atoms with van der Waals surface area (Å²) in [6.07, 6.45) is 5.14. The van der Waals surface area contributed by atoms with E-state index >= 15 is 0 Å². The van der Waals surface area contributed by atoms with Crippen molar-refractivity contribution in [3.63, 3.8) is 0 Å². The molecule has 0 bridgehead atoms. The summed E-state index contributed by atoms with van der Waals surface area (Å²) in [7, 11) is 3.62. The van der Waals surface area contributed by atoms with E-state index in [4.69, 9.17) is 0 Å². The molecule has 100 valence electrons. The van der Waals surface area contributed by atoms with Crippen LogP contribution >= 0.6 is 0 Å². The quantitative estimate of drug-likeness (QED) is 0.852. The van der Waals surface area contributed by atoms with Crippen molar-refractivity contribution in [2.24, 2.45) is 0 Å².